The molecule has 0 spiro atoms. The molecule has 5 heteroatoms. The van der Waals surface area contributed by atoms with Gasteiger partial charge in [-0.1, -0.05) is 57.1 Å². The zero-order valence-corrected chi connectivity index (χ0v) is 19.6. The van der Waals surface area contributed by atoms with Gasteiger partial charge >= 0.3 is 0 Å². The van der Waals surface area contributed by atoms with Gasteiger partial charge in [0.15, 0.2) is 5.76 Å². The maximum atomic E-state index is 12.7. The van der Waals surface area contributed by atoms with Crippen LogP contribution in [0.2, 0.25) is 0 Å². The van der Waals surface area contributed by atoms with Crippen molar-refractivity contribution in [3.8, 4) is 28.3 Å². The average Bonchev–Trinajstić information content (AvgIpc) is 3.16. The Hall–Kier alpha value is -3.08. The molecule has 168 valence electrons. The summed E-state index contributed by atoms with van der Waals surface area (Å²) in [5.41, 5.74) is 6.20. The van der Waals surface area contributed by atoms with E-state index < -0.39 is 0 Å². The fourth-order valence-electron chi connectivity index (χ4n) is 4.79. The summed E-state index contributed by atoms with van der Waals surface area (Å²) >= 11 is 0. The molecule has 3 aromatic rings. The van der Waals surface area contributed by atoms with Crippen LogP contribution < -0.4 is 10.1 Å². The molecule has 0 radical (unpaired) electrons. The Morgan fingerprint density at radius 3 is 2.72 bits per heavy atom. The van der Waals surface area contributed by atoms with Gasteiger partial charge in [-0.3, -0.25) is 4.79 Å². The molecule has 0 fully saturated rings. The van der Waals surface area contributed by atoms with Gasteiger partial charge < -0.3 is 14.6 Å². The molecule has 1 aromatic heterocycles. The van der Waals surface area contributed by atoms with E-state index in [1.54, 1.807) is 7.11 Å². The zero-order chi connectivity index (χ0) is 22.9. The molecule has 32 heavy (non-hydrogen) atoms. The first-order valence-corrected chi connectivity index (χ1v) is 11.3. The number of aryl methyl sites for hydroxylation is 1. The number of hydrogen-bond acceptors (Lipinski definition) is 4. The highest BCUT2D eigenvalue weighted by atomic mass is 16.5. The molecule has 1 amide bonds. The highest BCUT2D eigenvalue weighted by Gasteiger charge is 2.25. The predicted octanol–water partition coefficient (Wildman–Crippen LogP) is 6.52. The van der Waals surface area contributed by atoms with Gasteiger partial charge in [-0.15, -0.1) is 0 Å². The molecule has 1 heterocycles. The third kappa shape index (κ3) is 4.72. The maximum absolute atomic E-state index is 12.7. The van der Waals surface area contributed by atoms with E-state index in [1.807, 2.05) is 24.3 Å². The van der Waals surface area contributed by atoms with Crippen molar-refractivity contribution in [1.29, 1.82) is 0 Å². The number of ether oxygens (including phenoxy) is 1. The van der Waals surface area contributed by atoms with Crippen LogP contribution in [0.1, 0.15) is 51.7 Å². The second-order valence-electron chi connectivity index (χ2n) is 10.0. The first-order chi connectivity index (χ1) is 15.2. The lowest BCUT2D eigenvalue weighted by Gasteiger charge is -2.23. The van der Waals surface area contributed by atoms with Gasteiger partial charge in [0.05, 0.1) is 12.8 Å². The van der Waals surface area contributed by atoms with E-state index in [9.17, 15) is 4.79 Å². The summed E-state index contributed by atoms with van der Waals surface area (Å²) in [5, 5.41) is 7.44. The Morgan fingerprint density at radius 1 is 1.19 bits per heavy atom. The predicted molar refractivity (Wildman–Crippen MR) is 128 cm³/mol. The summed E-state index contributed by atoms with van der Waals surface area (Å²) < 4.78 is 11.3. The number of carbonyl (C=O) groups excluding carboxylic acids is 1. The van der Waals surface area contributed by atoms with Gasteiger partial charge in [-0.25, -0.2) is 0 Å². The Labute approximate surface area is 190 Å². The van der Waals surface area contributed by atoms with Crippen molar-refractivity contribution in [3.05, 3.63) is 53.6 Å². The number of hydrogen-bond donors (Lipinski definition) is 1. The van der Waals surface area contributed by atoms with Crippen LogP contribution >= 0.6 is 0 Å². The van der Waals surface area contributed by atoms with Gasteiger partial charge in [0, 0.05) is 23.1 Å². The molecule has 4 rings (SSSR count). The molecular formula is C27H32N2O3. The van der Waals surface area contributed by atoms with Gasteiger partial charge in [-0.05, 0) is 54.4 Å². The van der Waals surface area contributed by atoms with E-state index in [4.69, 9.17) is 9.26 Å². The Balaban J connectivity index is 1.59. The molecule has 1 N–H and O–H groups in total. The Bertz CT molecular complexity index is 1120. The van der Waals surface area contributed by atoms with Gasteiger partial charge in [0.1, 0.15) is 11.4 Å². The lowest BCUT2D eigenvalue weighted by molar-refractivity contribution is -0.117. The van der Waals surface area contributed by atoms with Crippen LogP contribution in [0.5, 0.6) is 5.75 Å². The molecule has 1 aliphatic carbocycles. The number of aromatic nitrogens is 1. The topological polar surface area (TPSA) is 64.4 Å². The average molecular weight is 433 g/mol. The number of benzene rings is 2. The maximum Gasteiger partial charge on any atom is 0.224 e. The molecule has 1 atom stereocenters. The number of amides is 1. The van der Waals surface area contributed by atoms with E-state index in [-0.39, 0.29) is 11.3 Å². The number of fused-ring (bicyclic) bond motifs is 3. The Kier molecular flexibility index (Phi) is 6.09. The number of nitrogens with zero attached hydrogens (tertiary/aromatic N) is 1. The molecule has 0 saturated carbocycles. The highest BCUT2D eigenvalue weighted by Crippen LogP contribution is 2.40. The molecule has 1 aliphatic rings. The molecular weight excluding hydrogens is 400 g/mol. The minimum Gasteiger partial charge on any atom is -0.495 e. The third-order valence-electron chi connectivity index (χ3n) is 5.94. The van der Waals surface area contributed by atoms with Crippen molar-refractivity contribution in [2.24, 2.45) is 11.3 Å². The zero-order valence-electron chi connectivity index (χ0n) is 19.6. The SMILES string of the molecule is COc1ccc(-c2onc3c2CCc2ccccc2-3)cc1NC(=O)CC(C)CC(C)(C)C. The van der Waals surface area contributed by atoms with Gasteiger partial charge in [-0.2, -0.15) is 0 Å². The highest BCUT2D eigenvalue weighted by molar-refractivity contribution is 5.93. The summed E-state index contributed by atoms with van der Waals surface area (Å²) in [6.07, 6.45) is 3.30. The molecule has 1 unspecified atom stereocenters. The fourth-order valence-corrected chi connectivity index (χ4v) is 4.79. The standard InChI is InChI=1S/C27H32N2O3/c1-17(16-27(2,3)4)14-24(30)28-22-15-19(11-13-23(22)31-5)26-21-12-10-18-8-6-7-9-20(18)25(21)29-32-26/h6-9,11,13,15,17H,10,12,14,16H2,1-5H3,(H,28,30). The normalized spacial score (nSPS) is 13.8. The molecule has 5 nitrogen and oxygen atoms in total. The summed E-state index contributed by atoms with van der Waals surface area (Å²) in [5.74, 6) is 1.68. The van der Waals surface area contributed by atoms with E-state index in [0.717, 1.165) is 47.4 Å². The van der Waals surface area contributed by atoms with E-state index in [0.29, 0.717) is 23.8 Å². The second-order valence-corrected chi connectivity index (χ2v) is 10.0. The van der Waals surface area contributed by atoms with E-state index in [2.05, 4.69) is 56.4 Å². The number of carbonyl (C=O) groups is 1. The largest absolute Gasteiger partial charge is 0.495 e. The molecule has 2 aromatic carbocycles. The third-order valence-corrected chi connectivity index (χ3v) is 5.94. The first kappa shape index (κ1) is 22.1. The second kappa shape index (κ2) is 8.81. The molecule has 0 saturated heterocycles. The van der Waals surface area contributed by atoms with Crippen molar-refractivity contribution >= 4 is 11.6 Å². The van der Waals surface area contributed by atoms with Crippen molar-refractivity contribution < 1.29 is 14.1 Å². The van der Waals surface area contributed by atoms with Crippen LogP contribution in [0.15, 0.2) is 47.0 Å². The van der Waals surface area contributed by atoms with Crippen molar-refractivity contribution in [2.45, 2.75) is 53.4 Å². The number of nitrogens with one attached hydrogen (secondary N) is 1. The minimum absolute atomic E-state index is 0.00859. The van der Waals surface area contributed by atoms with Crippen molar-refractivity contribution in [3.63, 3.8) is 0 Å². The first-order valence-electron chi connectivity index (χ1n) is 11.3. The number of anilines is 1. The van der Waals surface area contributed by atoms with Crippen LogP contribution in [0.25, 0.3) is 22.6 Å². The fraction of sp³-hybridized carbons (Fsp3) is 0.407. The van der Waals surface area contributed by atoms with Crippen LogP contribution in [0, 0.1) is 11.3 Å². The summed E-state index contributed by atoms with van der Waals surface area (Å²) in [4.78, 5) is 12.7. The summed E-state index contributed by atoms with van der Waals surface area (Å²) in [6.45, 7) is 8.72. The van der Waals surface area contributed by atoms with Crippen molar-refractivity contribution in [2.75, 3.05) is 12.4 Å². The summed E-state index contributed by atoms with van der Waals surface area (Å²) in [7, 11) is 1.61. The van der Waals surface area contributed by atoms with Crippen LogP contribution in [-0.2, 0) is 17.6 Å². The summed E-state index contributed by atoms with van der Waals surface area (Å²) in [6, 6.07) is 14.1. The number of rotatable bonds is 6. The molecule has 0 aliphatic heterocycles. The molecule has 0 bridgehead atoms. The van der Waals surface area contributed by atoms with E-state index >= 15 is 0 Å². The lowest BCUT2D eigenvalue weighted by atomic mass is 9.84. The van der Waals surface area contributed by atoms with Crippen LogP contribution in [0.4, 0.5) is 5.69 Å². The smallest absolute Gasteiger partial charge is 0.224 e. The van der Waals surface area contributed by atoms with Gasteiger partial charge in [0.2, 0.25) is 5.91 Å². The van der Waals surface area contributed by atoms with Gasteiger partial charge in [0.25, 0.3) is 0 Å². The van der Waals surface area contributed by atoms with E-state index in [1.165, 1.54) is 5.56 Å². The lowest BCUT2D eigenvalue weighted by Crippen LogP contribution is -2.19. The quantitative estimate of drug-likeness (QED) is 0.482. The van der Waals surface area contributed by atoms with Crippen LogP contribution in [0.3, 0.4) is 0 Å². The monoisotopic (exact) mass is 432 g/mol. The minimum atomic E-state index is -0.00859. The van der Waals surface area contributed by atoms with Crippen molar-refractivity contribution in [1.82, 2.24) is 5.16 Å². The number of methoxy groups -OCH3 is 1. The Morgan fingerprint density at radius 2 is 1.97 bits per heavy atom. The van der Waals surface area contributed by atoms with Crippen LogP contribution in [-0.4, -0.2) is 18.2 Å².